The van der Waals surface area contributed by atoms with Crippen molar-refractivity contribution in [3.8, 4) is 0 Å². The molecule has 1 nitrogen and oxygen atoms in total. The Bertz CT molecular complexity index is 229. The highest BCUT2D eigenvalue weighted by atomic mass is 16.5. The van der Waals surface area contributed by atoms with Crippen LogP contribution in [0.4, 0.5) is 0 Å². The van der Waals surface area contributed by atoms with Crippen LogP contribution in [0, 0.1) is 11.8 Å². The van der Waals surface area contributed by atoms with E-state index >= 15 is 0 Å². The van der Waals surface area contributed by atoms with Gasteiger partial charge in [0.25, 0.3) is 0 Å². The van der Waals surface area contributed by atoms with Crippen molar-refractivity contribution in [2.24, 2.45) is 11.8 Å². The average molecular weight is 194 g/mol. The second-order valence-electron chi connectivity index (χ2n) is 5.37. The fourth-order valence-electron chi connectivity index (χ4n) is 2.77. The fourth-order valence-corrected chi connectivity index (χ4v) is 2.77. The lowest BCUT2D eigenvalue weighted by molar-refractivity contribution is -0.0912. The first-order chi connectivity index (χ1) is 6.61. The number of fused-ring (bicyclic) bond motifs is 1. The summed E-state index contributed by atoms with van der Waals surface area (Å²) in [5, 5.41) is 0. The van der Waals surface area contributed by atoms with Crippen LogP contribution in [0.2, 0.25) is 0 Å². The molecule has 14 heavy (non-hydrogen) atoms. The van der Waals surface area contributed by atoms with Gasteiger partial charge in [-0.15, -0.1) is 0 Å². The van der Waals surface area contributed by atoms with Crippen LogP contribution in [0.15, 0.2) is 12.2 Å². The summed E-state index contributed by atoms with van der Waals surface area (Å²) < 4.78 is 6.08. The van der Waals surface area contributed by atoms with Gasteiger partial charge in [0.1, 0.15) is 0 Å². The van der Waals surface area contributed by atoms with Gasteiger partial charge in [0.2, 0.25) is 0 Å². The molecular weight excluding hydrogens is 172 g/mol. The van der Waals surface area contributed by atoms with Crippen LogP contribution in [0.1, 0.15) is 46.5 Å². The van der Waals surface area contributed by atoms with Crippen LogP contribution < -0.4 is 0 Å². The van der Waals surface area contributed by atoms with Crippen LogP contribution >= 0.6 is 0 Å². The Morgan fingerprint density at radius 2 is 2.14 bits per heavy atom. The van der Waals surface area contributed by atoms with Gasteiger partial charge < -0.3 is 4.74 Å². The van der Waals surface area contributed by atoms with Crippen molar-refractivity contribution < 1.29 is 4.74 Å². The Balaban J connectivity index is 2.04. The second kappa shape index (κ2) is 3.69. The molecule has 0 radical (unpaired) electrons. The molecule has 0 bridgehead atoms. The van der Waals surface area contributed by atoms with Crippen molar-refractivity contribution in [3.63, 3.8) is 0 Å². The average Bonchev–Trinajstić information content (AvgIpc) is 2.16. The molecule has 0 aromatic heterocycles. The number of hydrogen-bond acceptors (Lipinski definition) is 1. The monoisotopic (exact) mass is 194 g/mol. The van der Waals surface area contributed by atoms with Gasteiger partial charge in [-0.2, -0.15) is 0 Å². The first-order valence-electron chi connectivity index (χ1n) is 5.98. The molecule has 0 N–H and O–H groups in total. The van der Waals surface area contributed by atoms with E-state index in [2.05, 4.69) is 32.9 Å². The largest absolute Gasteiger partial charge is 0.368 e. The lowest BCUT2D eigenvalue weighted by atomic mass is 9.76. The minimum Gasteiger partial charge on any atom is -0.368 e. The highest BCUT2D eigenvalue weighted by molar-refractivity contribution is 5.07. The van der Waals surface area contributed by atoms with E-state index in [1.54, 1.807) is 0 Å². The zero-order chi connectivity index (χ0) is 10.2. The third-order valence-corrected chi connectivity index (χ3v) is 3.72. The molecule has 0 amide bonds. The maximum Gasteiger partial charge on any atom is 0.0810 e. The molecule has 0 spiro atoms. The van der Waals surface area contributed by atoms with Crippen LogP contribution in [0.25, 0.3) is 0 Å². The molecule has 1 fully saturated rings. The van der Waals surface area contributed by atoms with Crippen LogP contribution in [0.5, 0.6) is 0 Å². The van der Waals surface area contributed by atoms with Gasteiger partial charge in [-0.25, -0.2) is 0 Å². The van der Waals surface area contributed by atoms with Crippen molar-refractivity contribution >= 4 is 0 Å². The molecule has 0 aromatic carbocycles. The third kappa shape index (κ3) is 2.03. The molecule has 1 heteroatoms. The van der Waals surface area contributed by atoms with E-state index in [-0.39, 0.29) is 5.60 Å². The Kier molecular flexibility index (Phi) is 2.70. The predicted molar refractivity (Wildman–Crippen MR) is 59.2 cm³/mol. The van der Waals surface area contributed by atoms with Gasteiger partial charge >= 0.3 is 0 Å². The Morgan fingerprint density at radius 3 is 2.86 bits per heavy atom. The molecule has 0 aromatic rings. The van der Waals surface area contributed by atoms with E-state index in [9.17, 15) is 0 Å². The highest BCUT2D eigenvalue weighted by Gasteiger charge is 2.35. The summed E-state index contributed by atoms with van der Waals surface area (Å²) in [6, 6.07) is 0. The zero-order valence-corrected chi connectivity index (χ0v) is 9.62. The molecular formula is C13H22O. The lowest BCUT2D eigenvalue weighted by Gasteiger charge is -2.41. The normalized spacial score (nSPS) is 40.6. The quantitative estimate of drug-likeness (QED) is 0.580. The number of hydrogen-bond donors (Lipinski definition) is 0. The van der Waals surface area contributed by atoms with Crippen molar-refractivity contribution in [1.82, 2.24) is 0 Å². The second-order valence-corrected chi connectivity index (χ2v) is 5.37. The summed E-state index contributed by atoms with van der Waals surface area (Å²) in [4.78, 5) is 0. The molecule has 3 unspecified atom stereocenters. The third-order valence-electron chi connectivity index (χ3n) is 3.72. The van der Waals surface area contributed by atoms with Crippen LogP contribution in [-0.4, -0.2) is 11.7 Å². The first kappa shape index (κ1) is 10.2. The zero-order valence-electron chi connectivity index (χ0n) is 9.62. The smallest absolute Gasteiger partial charge is 0.0810 e. The summed E-state index contributed by atoms with van der Waals surface area (Å²) in [6.45, 7) is 6.62. The molecule has 80 valence electrons. The summed E-state index contributed by atoms with van der Waals surface area (Å²) in [5.74, 6) is 1.63. The Hall–Kier alpha value is -0.300. The molecule has 2 aliphatic rings. The summed E-state index contributed by atoms with van der Waals surface area (Å²) in [5.41, 5.74) is -0.0276. The van der Waals surface area contributed by atoms with Crippen molar-refractivity contribution in [2.45, 2.75) is 58.2 Å². The topological polar surface area (TPSA) is 9.23 Å². The SMILES string of the molecule is CCC1CCC2OC(C)(C)C=CC2C1. The minimum absolute atomic E-state index is 0.0276. The summed E-state index contributed by atoms with van der Waals surface area (Å²) >= 11 is 0. The van der Waals surface area contributed by atoms with Gasteiger partial charge in [0.15, 0.2) is 0 Å². The fraction of sp³-hybridized carbons (Fsp3) is 0.846. The molecule has 0 saturated heterocycles. The lowest BCUT2D eigenvalue weighted by Crippen LogP contribution is -2.40. The van der Waals surface area contributed by atoms with Crippen molar-refractivity contribution in [2.75, 3.05) is 0 Å². The molecule has 2 rings (SSSR count). The Labute approximate surface area is 87.5 Å². The van der Waals surface area contributed by atoms with Gasteiger partial charge in [0.05, 0.1) is 11.7 Å². The predicted octanol–water partition coefficient (Wildman–Crippen LogP) is 3.55. The van der Waals surface area contributed by atoms with E-state index in [4.69, 9.17) is 4.74 Å². The van der Waals surface area contributed by atoms with Gasteiger partial charge in [-0.1, -0.05) is 25.5 Å². The molecule has 1 saturated carbocycles. The Morgan fingerprint density at radius 1 is 1.36 bits per heavy atom. The van der Waals surface area contributed by atoms with Gasteiger partial charge in [-0.3, -0.25) is 0 Å². The van der Waals surface area contributed by atoms with Gasteiger partial charge in [0, 0.05) is 5.92 Å². The summed E-state index contributed by atoms with van der Waals surface area (Å²) in [7, 11) is 0. The maximum atomic E-state index is 6.08. The van der Waals surface area contributed by atoms with Crippen molar-refractivity contribution in [3.05, 3.63) is 12.2 Å². The van der Waals surface area contributed by atoms with Crippen LogP contribution in [0.3, 0.4) is 0 Å². The van der Waals surface area contributed by atoms with Gasteiger partial charge in [-0.05, 0) is 39.0 Å². The van der Waals surface area contributed by atoms with Crippen LogP contribution in [-0.2, 0) is 4.74 Å². The minimum atomic E-state index is -0.0276. The van der Waals surface area contributed by atoms with E-state index in [0.29, 0.717) is 12.0 Å². The molecule has 1 aliphatic heterocycles. The van der Waals surface area contributed by atoms with E-state index in [1.165, 1.54) is 25.7 Å². The van der Waals surface area contributed by atoms with Crippen molar-refractivity contribution in [1.29, 1.82) is 0 Å². The summed E-state index contributed by atoms with van der Waals surface area (Å²) in [6.07, 6.45) is 10.4. The van der Waals surface area contributed by atoms with E-state index in [1.807, 2.05) is 0 Å². The van der Waals surface area contributed by atoms with E-state index < -0.39 is 0 Å². The number of rotatable bonds is 1. The molecule has 1 heterocycles. The first-order valence-corrected chi connectivity index (χ1v) is 5.98. The highest BCUT2D eigenvalue weighted by Crippen LogP contribution is 2.38. The standard InChI is InChI=1S/C13H22O/c1-4-10-5-6-12-11(9-10)7-8-13(2,3)14-12/h7-8,10-12H,4-6,9H2,1-3H3. The maximum absolute atomic E-state index is 6.08. The number of ether oxygens (including phenoxy) is 1. The van der Waals surface area contributed by atoms with E-state index in [0.717, 1.165) is 5.92 Å². The molecule has 1 aliphatic carbocycles. The molecule has 3 atom stereocenters.